The van der Waals surface area contributed by atoms with Gasteiger partial charge >= 0.3 is 0 Å². The van der Waals surface area contributed by atoms with Gasteiger partial charge in [-0.2, -0.15) is 5.10 Å². The van der Waals surface area contributed by atoms with Gasteiger partial charge in [-0.15, -0.1) is 35.3 Å². The molecule has 2 aromatic heterocycles. The Morgan fingerprint density at radius 3 is 2.85 bits per heavy atom. The Morgan fingerprint density at radius 1 is 1.41 bits per heavy atom. The maximum Gasteiger partial charge on any atom is 0.193 e. The van der Waals surface area contributed by atoms with Gasteiger partial charge in [-0.25, -0.2) is 4.98 Å². The molecule has 1 aliphatic rings. The molecule has 0 spiro atoms. The second-order valence-electron chi connectivity index (χ2n) is 6.83. The van der Waals surface area contributed by atoms with Crippen molar-refractivity contribution >= 4 is 41.3 Å². The number of guanidine groups is 1. The number of hydrogen-bond acceptors (Lipinski definition) is 4. The summed E-state index contributed by atoms with van der Waals surface area (Å²) in [6.07, 6.45) is 7.21. The van der Waals surface area contributed by atoms with Crippen molar-refractivity contribution in [1.29, 1.82) is 0 Å². The first-order valence-electron chi connectivity index (χ1n) is 9.57. The maximum atomic E-state index is 4.87. The molecule has 1 fully saturated rings. The van der Waals surface area contributed by atoms with Crippen molar-refractivity contribution < 1.29 is 0 Å². The SMILES string of the molecule is CCNC(=NCCc1nc(CC)c(C)s1)N1CCC(c2cnn(C)c2)C1.I. The highest BCUT2D eigenvalue weighted by molar-refractivity contribution is 14.0. The Hall–Kier alpha value is -1.16. The summed E-state index contributed by atoms with van der Waals surface area (Å²) in [5.41, 5.74) is 2.57. The molecule has 2 aromatic rings. The van der Waals surface area contributed by atoms with E-state index in [2.05, 4.69) is 42.3 Å². The maximum absolute atomic E-state index is 4.87. The predicted molar refractivity (Wildman–Crippen MR) is 123 cm³/mol. The Labute approximate surface area is 183 Å². The van der Waals surface area contributed by atoms with E-state index in [1.54, 1.807) is 0 Å². The van der Waals surface area contributed by atoms with E-state index < -0.39 is 0 Å². The molecule has 0 amide bonds. The van der Waals surface area contributed by atoms with Crippen LogP contribution in [0.25, 0.3) is 0 Å². The minimum atomic E-state index is 0. The minimum Gasteiger partial charge on any atom is -0.357 e. The first kappa shape index (κ1) is 22.1. The lowest BCUT2D eigenvalue weighted by atomic mass is 10.0. The molecule has 1 unspecified atom stereocenters. The fourth-order valence-electron chi connectivity index (χ4n) is 3.48. The molecule has 27 heavy (non-hydrogen) atoms. The fraction of sp³-hybridized carbons (Fsp3) is 0.632. The van der Waals surface area contributed by atoms with Crippen LogP contribution in [0.3, 0.4) is 0 Å². The lowest BCUT2D eigenvalue weighted by Gasteiger charge is -2.21. The van der Waals surface area contributed by atoms with E-state index in [0.29, 0.717) is 5.92 Å². The zero-order valence-electron chi connectivity index (χ0n) is 16.7. The van der Waals surface area contributed by atoms with Gasteiger partial charge in [0.1, 0.15) is 0 Å². The Balaban J connectivity index is 0.00000261. The summed E-state index contributed by atoms with van der Waals surface area (Å²) in [6, 6.07) is 0. The second kappa shape index (κ2) is 10.4. The van der Waals surface area contributed by atoms with Gasteiger partial charge in [-0.3, -0.25) is 9.67 Å². The molecule has 1 N–H and O–H groups in total. The van der Waals surface area contributed by atoms with Gasteiger partial charge in [-0.1, -0.05) is 6.92 Å². The molecule has 1 saturated heterocycles. The lowest BCUT2D eigenvalue weighted by molar-refractivity contribution is 0.486. The van der Waals surface area contributed by atoms with Gasteiger partial charge in [0.05, 0.1) is 16.9 Å². The number of halogens is 1. The Morgan fingerprint density at radius 2 is 2.22 bits per heavy atom. The molecule has 1 atom stereocenters. The second-order valence-corrected chi connectivity index (χ2v) is 8.12. The number of nitrogens with zero attached hydrogens (tertiary/aromatic N) is 5. The number of thiazole rings is 1. The van der Waals surface area contributed by atoms with Gasteiger partial charge in [0, 0.05) is 56.6 Å². The third-order valence-corrected chi connectivity index (χ3v) is 5.95. The number of aliphatic imine (C=N–C) groups is 1. The molecule has 0 saturated carbocycles. The first-order valence-corrected chi connectivity index (χ1v) is 10.4. The van der Waals surface area contributed by atoms with Crippen LogP contribution in [0.5, 0.6) is 0 Å². The Kier molecular flexibility index (Phi) is 8.53. The zero-order valence-corrected chi connectivity index (χ0v) is 19.9. The van der Waals surface area contributed by atoms with Gasteiger partial charge in [0.25, 0.3) is 0 Å². The van der Waals surface area contributed by atoms with Crippen LogP contribution in [0.15, 0.2) is 17.4 Å². The standard InChI is InChI=1S/C19H30N6S.HI/c1-5-17-14(3)26-18(23-17)7-9-21-19(20-6-2)25-10-8-15(13-25)16-11-22-24(4)12-16;/h11-12,15H,5-10,13H2,1-4H3,(H,20,21);1H. The monoisotopic (exact) mass is 502 g/mol. The zero-order chi connectivity index (χ0) is 18.5. The van der Waals surface area contributed by atoms with Crippen LogP contribution in [0, 0.1) is 6.92 Å². The smallest absolute Gasteiger partial charge is 0.193 e. The Bertz CT molecular complexity index is 753. The first-order chi connectivity index (χ1) is 12.6. The summed E-state index contributed by atoms with van der Waals surface area (Å²) in [5, 5.41) is 8.97. The van der Waals surface area contributed by atoms with Crippen molar-refractivity contribution in [1.82, 2.24) is 25.0 Å². The van der Waals surface area contributed by atoms with E-state index in [1.165, 1.54) is 21.1 Å². The van der Waals surface area contributed by atoms with Crippen LogP contribution < -0.4 is 5.32 Å². The highest BCUT2D eigenvalue weighted by Gasteiger charge is 2.26. The summed E-state index contributed by atoms with van der Waals surface area (Å²) in [4.78, 5) is 13.3. The number of rotatable bonds is 6. The van der Waals surface area contributed by atoms with E-state index in [4.69, 9.17) is 9.98 Å². The summed E-state index contributed by atoms with van der Waals surface area (Å²) >= 11 is 1.81. The van der Waals surface area contributed by atoms with E-state index in [-0.39, 0.29) is 24.0 Å². The molecule has 1 aliphatic heterocycles. The van der Waals surface area contributed by atoms with Crippen LogP contribution in [0.2, 0.25) is 0 Å². The highest BCUT2D eigenvalue weighted by Crippen LogP contribution is 2.26. The van der Waals surface area contributed by atoms with Crippen LogP contribution in [-0.4, -0.2) is 51.8 Å². The van der Waals surface area contributed by atoms with E-state index in [1.807, 2.05) is 29.3 Å². The topological polar surface area (TPSA) is 58.3 Å². The minimum absolute atomic E-state index is 0. The third-order valence-electron chi connectivity index (χ3n) is 4.88. The van der Waals surface area contributed by atoms with Crippen molar-refractivity contribution in [2.75, 3.05) is 26.2 Å². The van der Waals surface area contributed by atoms with Crippen LogP contribution in [0.4, 0.5) is 0 Å². The van der Waals surface area contributed by atoms with Crippen LogP contribution in [0.1, 0.15) is 47.3 Å². The lowest BCUT2D eigenvalue weighted by Crippen LogP contribution is -2.40. The summed E-state index contributed by atoms with van der Waals surface area (Å²) < 4.78 is 1.89. The highest BCUT2D eigenvalue weighted by atomic mass is 127. The fourth-order valence-corrected chi connectivity index (χ4v) is 4.49. The number of likely N-dealkylation sites (tertiary alicyclic amines) is 1. The molecule has 8 heteroatoms. The van der Waals surface area contributed by atoms with Gasteiger partial charge in [0.15, 0.2) is 5.96 Å². The molecule has 0 radical (unpaired) electrons. The molecular formula is C19H31IN6S. The molecule has 0 aromatic carbocycles. The summed E-state index contributed by atoms with van der Waals surface area (Å²) in [6.45, 7) is 10.2. The number of nitrogens with one attached hydrogen (secondary N) is 1. The third kappa shape index (κ3) is 5.66. The molecule has 3 heterocycles. The van der Waals surface area contributed by atoms with Gasteiger partial charge in [-0.05, 0) is 32.3 Å². The van der Waals surface area contributed by atoms with Crippen molar-refractivity contribution in [2.45, 2.75) is 46.0 Å². The summed E-state index contributed by atoms with van der Waals surface area (Å²) in [5.74, 6) is 1.57. The molecule has 3 rings (SSSR count). The quantitative estimate of drug-likeness (QED) is 0.374. The number of aromatic nitrogens is 3. The number of hydrogen-bond donors (Lipinski definition) is 1. The molecule has 150 valence electrons. The largest absolute Gasteiger partial charge is 0.357 e. The van der Waals surface area contributed by atoms with E-state index in [9.17, 15) is 0 Å². The van der Waals surface area contributed by atoms with Crippen LogP contribution in [-0.2, 0) is 19.9 Å². The van der Waals surface area contributed by atoms with Crippen molar-refractivity contribution in [3.8, 4) is 0 Å². The molecular weight excluding hydrogens is 471 g/mol. The van der Waals surface area contributed by atoms with E-state index in [0.717, 1.165) is 51.4 Å². The van der Waals surface area contributed by atoms with E-state index >= 15 is 0 Å². The average molecular weight is 502 g/mol. The van der Waals surface area contributed by atoms with Crippen LogP contribution >= 0.6 is 35.3 Å². The van der Waals surface area contributed by atoms with Crippen molar-refractivity contribution in [3.05, 3.63) is 33.5 Å². The molecule has 0 bridgehead atoms. The number of aryl methyl sites for hydroxylation is 3. The van der Waals surface area contributed by atoms with Crippen molar-refractivity contribution in [3.63, 3.8) is 0 Å². The van der Waals surface area contributed by atoms with Gasteiger partial charge in [0.2, 0.25) is 0 Å². The average Bonchev–Trinajstić information content (AvgIpc) is 3.33. The summed E-state index contributed by atoms with van der Waals surface area (Å²) in [7, 11) is 1.98. The van der Waals surface area contributed by atoms with Crippen molar-refractivity contribution in [2.24, 2.45) is 12.0 Å². The normalized spacial score (nSPS) is 17.3. The molecule has 6 nitrogen and oxygen atoms in total. The molecule has 0 aliphatic carbocycles. The predicted octanol–water partition coefficient (Wildman–Crippen LogP) is 3.36. The van der Waals surface area contributed by atoms with Gasteiger partial charge < -0.3 is 10.2 Å².